The van der Waals surface area contributed by atoms with E-state index in [0.29, 0.717) is 86.2 Å². The van der Waals surface area contributed by atoms with Crippen molar-refractivity contribution in [3.05, 3.63) is 336 Å². The van der Waals surface area contributed by atoms with Crippen molar-refractivity contribution in [2.75, 3.05) is 66.5 Å². The zero-order valence-electron chi connectivity index (χ0n) is 62.1. The zero-order chi connectivity index (χ0) is 80.3. The Kier molecular flexibility index (Phi) is 24.6. The third-order valence-electron chi connectivity index (χ3n) is 18.2. The van der Waals surface area contributed by atoms with Crippen LogP contribution in [0.15, 0.2) is 274 Å². The van der Waals surface area contributed by atoms with Crippen molar-refractivity contribution in [3.8, 4) is 51.1 Å². The van der Waals surface area contributed by atoms with Gasteiger partial charge in [-0.1, -0.05) is 78.9 Å². The van der Waals surface area contributed by atoms with Gasteiger partial charge in [0.2, 0.25) is 28.9 Å². The molecule has 27 heteroatoms. The van der Waals surface area contributed by atoms with Gasteiger partial charge in [0.1, 0.15) is 63.0 Å². The minimum Gasteiger partial charge on any atom is -0.398 e. The fourth-order valence-electron chi connectivity index (χ4n) is 12.2. The summed E-state index contributed by atoms with van der Waals surface area (Å²) in [5.41, 5.74) is 47.3. The Morgan fingerprint density at radius 3 is 1.25 bits per heavy atom. The Bertz CT molecular complexity index is 6070. The van der Waals surface area contributed by atoms with E-state index in [9.17, 15) is 29.2 Å². The molecule has 0 amide bonds. The van der Waals surface area contributed by atoms with Gasteiger partial charge in [-0.2, -0.15) is 10.4 Å². The highest BCUT2D eigenvalue weighted by molar-refractivity contribution is 6.13. The molecule has 0 bridgehead atoms. The van der Waals surface area contributed by atoms with Gasteiger partial charge in [-0.3, -0.25) is 28.7 Å². The summed E-state index contributed by atoms with van der Waals surface area (Å²) >= 11 is 0. The number of H-pyrrole nitrogens is 1. The molecule has 0 unspecified atom stereocenters. The number of nitrogen functional groups attached to an aromatic ring is 6. The number of para-hydroxylation sites is 2. The molecule has 0 atom stereocenters. The predicted octanol–water partition coefficient (Wildman–Crippen LogP) is 12.1. The topological polar surface area (TPSA) is 443 Å². The summed E-state index contributed by atoms with van der Waals surface area (Å²) < 4.78 is 1.69. The van der Waals surface area contributed by atoms with Gasteiger partial charge in [-0.15, -0.1) is 0 Å². The van der Waals surface area contributed by atoms with Gasteiger partial charge >= 0.3 is 0 Å². The minimum atomic E-state index is -0.637. The van der Waals surface area contributed by atoms with Crippen LogP contribution in [0, 0.1) is 11.3 Å². The SMILES string of the molecule is CN(C)c1cccc(-c2cccc(C(=O)c3cccnc3N)n2)c1.Cn1cc(-c2cccc(C(=O)c3cccnc3N)n2)cn1.N#CC1(c2cccc(C(=O)c3cccnc3N)n2)CCNCC1.Nc1ccccc1-c1cccc(C(=O)c2cccnc2N)n1.Nc1ncccc1C(=O)c1cccc(-c2c[nH]c3ccccc23)n1. The maximum atomic E-state index is 12.7. The first-order valence-corrected chi connectivity index (χ1v) is 35.7. The Morgan fingerprint density at radius 1 is 0.430 bits per heavy atom. The smallest absolute Gasteiger partial charge is 0.215 e. The first-order valence-electron chi connectivity index (χ1n) is 35.7. The molecule has 1 saturated heterocycles. The molecule has 12 aromatic heterocycles. The highest BCUT2D eigenvalue weighted by atomic mass is 16.1. The molecule has 1 aliphatic heterocycles. The Labute approximate surface area is 655 Å². The third-order valence-corrected chi connectivity index (χ3v) is 18.2. The van der Waals surface area contributed by atoms with Crippen molar-refractivity contribution in [1.82, 2.24) is 69.9 Å². The van der Waals surface area contributed by atoms with Crippen molar-refractivity contribution in [3.63, 3.8) is 0 Å². The second-order valence-corrected chi connectivity index (χ2v) is 26.0. The molecule has 3 aromatic carbocycles. The number of aryl methyl sites for hydroxylation is 1. The molecule has 1 fully saturated rings. The second-order valence-electron chi connectivity index (χ2n) is 26.0. The van der Waals surface area contributed by atoms with Crippen molar-refractivity contribution in [2.24, 2.45) is 7.05 Å². The van der Waals surface area contributed by atoms with Crippen LogP contribution in [0.2, 0.25) is 0 Å². The summed E-state index contributed by atoms with van der Waals surface area (Å²) in [6, 6.07) is 68.9. The number of pyridine rings is 10. The normalized spacial score (nSPS) is 11.7. The molecule has 564 valence electrons. The number of anilines is 7. The van der Waals surface area contributed by atoms with Gasteiger partial charge in [0.15, 0.2) is 0 Å². The quantitative estimate of drug-likeness (QED) is 0.0329. The van der Waals surface area contributed by atoms with E-state index in [2.05, 4.69) is 71.3 Å². The predicted molar refractivity (Wildman–Crippen MR) is 440 cm³/mol. The van der Waals surface area contributed by atoms with Crippen molar-refractivity contribution < 1.29 is 24.0 Å². The number of rotatable bonds is 16. The van der Waals surface area contributed by atoms with Crippen LogP contribution < -0.4 is 44.6 Å². The number of piperidine rings is 1. The number of ketones is 5. The number of nitriles is 1. The number of hydrogen-bond acceptors (Lipinski definition) is 25. The van der Waals surface area contributed by atoms with Crippen molar-refractivity contribution in [2.45, 2.75) is 18.3 Å². The lowest BCUT2D eigenvalue weighted by Gasteiger charge is -2.30. The van der Waals surface area contributed by atoms with E-state index >= 15 is 0 Å². The molecular formula is C87H76N22O5. The van der Waals surface area contributed by atoms with Gasteiger partial charge in [0, 0.05) is 109 Å². The van der Waals surface area contributed by atoms with E-state index in [1.54, 1.807) is 151 Å². The number of benzene rings is 3. The summed E-state index contributed by atoms with van der Waals surface area (Å²) in [4.78, 5) is 110. The first kappa shape index (κ1) is 77.9. The molecule has 13 heterocycles. The third kappa shape index (κ3) is 18.4. The average molecular weight is 1510 g/mol. The number of aromatic amines is 1. The summed E-state index contributed by atoms with van der Waals surface area (Å²) in [5, 5.41) is 18.1. The van der Waals surface area contributed by atoms with E-state index in [-0.39, 0.29) is 63.7 Å². The molecule has 1 aliphatic rings. The maximum absolute atomic E-state index is 12.7. The van der Waals surface area contributed by atoms with Gasteiger partial charge in [0.05, 0.1) is 68.6 Å². The number of hydrogen-bond donors (Lipinski definition) is 8. The fourth-order valence-corrected chi connectivity index (χ4v) is 12.2. The van der Waals surface area contributed by atoms with E-state index in [0.717, 1.165) is 63.3 Å². The Balaban J connectivity index is 0.000000132. The largest absolute Gasteiger partial charge is 0.398 e. The molecule has 0 spiro atoms. The lowest BCUT2D eigenvalue weighted by atomic mass is 9.77. The van der Waals surface area contributed by atoms with Crippen LogP contribution in [0.25, 0.3) is 55.9 Å². The number of nitrogens with two attached hydrogens (primary N) is 6. The maximum Gasteiger partial charge on any atom is 0.215 e. The molecule has 27 nitrogen and oxygen atoms in total. The fraction of sp³-hybridized carbons (Fsp3) is 0.0920. The van der Waals surface area contributed by atoms with Crippen LogP contribution in [0.4, 0.5) is 40.5 Å². The minimum absolute atomic E-state index is 0.182. The molecule has 0 radical (unpaired) electrons. The van der Waals surface area contributed by atoms with E-state index in [1.807, 2.05) is 148 Å². The van der Waals surface area contributed by atoms with Crippen LogP contribution >= 0.6 is 0 Å². The first-order chi connectivity index (χ1) is 55.3. The van der Waals surface area contributed by atoms with Gasteiger partial charge in [-0.25, -0.2) is 49.8 Å². The van der Waals surface area contributed by atoms with E-state index in [1.165, 1.54) is 6.20 Å². The lowest BCUT2D eigenvalue weighted by Crippen LogP contribution is -2.39. The van der Waals surface area contributed by atoms with Crippen LogP contribution in [0.1, 0.15) is 98.8 Å². The zero-order valence-corrected chi connectivity index (χ0v) is 62.1. The number of carbonyl (C=O) groups is 5. The van der Waals surface area contributed by atoms with Gasteiger partial charge in [0.25, 0.3) is 0 Å². The highest BCUT2D eigenvalue weighted by Gasteiger charge is 2.36. The Morgan fingerprint density at radius 2 is 0.825 bits per heavy atom. The van der Waals surface area contributed by atoms with Crippen LogP contribution in [0.3, 0.4) is 0 Å². The summed E-state index contributed by atoms with van der Waals surface area (Å²) in [7, 11) is 5.80. The lowest BCUT2D eigenvalue weighted by molar-refractivity contribution is 0.102. The van der Waals surface area contributed by atoms with E-state index in [4.69, 9.17) is 34.4 Å². The number of nitrogens with one attached hydrogen (secondary N) is 2. The van der Waals surface area contributed by atoms with Crippen molar-refractivity contribution >= 4 is 80.3 Å². The highest BCUT2D eigenvalue weighted by Crippen LogP contribution is 2.34. The number of fused-ring (bicyclic) bond motifs is 1. The number of carbonyl (C=O) groups excluding carboxylic acids is 5. The Hall–Kier alpha value is -15.7. The molecule has 15 aromatic rings. The molecule has 0 aliphatic carbocycles. The summed E-state index contributed by atoms with van der Waals surface area (Å²) in [6.45, 7) is 1.53. The van der Waals surface area contributed by atoms with Gasteiger partial charge in [-0.05, 0) is 172 Å². The average Bonchev–Trinajstić information content (AvgIpc) is 1.44. The molecule has 0 saturated carbocycles. The van der Waals surface area contributed by atoms with Crippen LogP contribution in [0.5, 0.6) is 0 Å². The standard InChI is InChI=1S/C19H14N4O.C19H18N4O.C17H17N5O.C17H14N4O.C15H13N5O/c20-19-13(6-4-10-21-19)18(24)17-9-3-8-16(23-17)14-11-22-15-7-2-1-5-12(14)15;1-23(2)14-7-3-6-13(12-14)16-9-4-10-17(22-16)18(24)15-8-5-11-21-19(15)20;18-11-17(6-9-20-10-7-17)14-5-1-4-13(22-14)15(23)12-3-2-8-21-16(12)19;18-13-7-2-1-5-11(13)14-8-3-9-15(21-14)16(22)12-6-4-10-20-17(12)19;1-20-9-10(8-18-20)12-5-2-6-13(19-12)14(21)11-4-3-7-17-15(11)16/h1-11,22H,(H2,20,21);3-12H,1-2H3,(H2,20,21);1-5,8,20H,6-7,9-10H2,(H2,19,21);1-10H,18H2,(H2,19,20);2-9H,1H3,(H2,16,17). The van der Waals surface area contributed by atoms with Crippen LogP contribution in [-0.4, -0.2) is 121 Å². The monoisotopic (exact) mass is 1510 g/mol. The molecule has 16 rings (SSSR count). The van der Waals surface area contributed by atoms with E-state index < -0.39 is 5.41 Å². The van der Waals surface area contributed by atoms with Gasteiger partial charge < -0.3 is 49.6 Å². The van der Waals surface area contributed by atoms with Crippen molar-refractivity contribution in [1.29, 1.82) is 5.26 Å². The molecule has 14 N–H and O–H groups in total. The number of nitrogens with zero attached hydrogens (tertiary/aromatic N) is 14. The second kappa shape index (κ2) is 36.0. The summed E-state index contributed by atoms with van der Waals surface area (Å²) in [5.74, 6) is -0.246. The summed E-state index contributed by atoms with van der Waals surface area (Å²) in [6.07, 6.45) is 14.6. The molecular weight excluding hydrogens is 1430 g/mol. The molecule has 114 heavy (non-hydrogen) atoms. The van der Waals surface area contributed by atoms with Crippen LogP contribution in [-0.2, 0) is 12.5 Å². The number of aromatic nitrogens is 13.